The van der Waals surface area contributed by atoms with E-state index in [0.717, 1.165) is 17.4 Å². The van der Waals surface area contributed by atoms with Crippen molar-refractivity contribution in [1.82, 2.24) is 9.62 Å². The van der Waals surface area contributed by atoms with E-state index in [2.05, 4.69) is 5.32 Å². The molecule has 0 saturated heterocycles. The summed E-state index contributed by atoms with van der Waals surface area (Å²) in [4.78, 5) is 12.5. The third-order valence-electron chi connectivity index (χ3n) is 4.57. The summed E-state index contributed by atoms with van der Waals surface area (Å²) >= 11 is 0. The van der Waals surface area contributed by atoms with Crippen molar-refractivity contribution in [1.29, 1.82) is 0 Å². The summed E-state index contributed by atoms with van der Waals surface area (Å²) in [6, 6.07) is 14.6. The average molecular weight is 421 g/mol. The van der Waals surface area contributed by atoms with Gasteiger partial charge in [-0.3, -0.25) is 4.79 Å². The number of ether oxygens (including phenoxy) is 2. The maximum atomic E-state index is 12.5. The van der Waals surface area contributed by atoms with Gasteiger partial charge >= 0.3 is 0 Å². The third kappa shape index (κ3) is 6.76. The van der Waals surface area contributed by atoms with Crippen molar-refractivity contribution in [2.24, 2.45) is 0 Å². The summed E-state index contributed by atoms with van der Waals surface area (Å²) in [5, 5.41) is 2.84. The fourth-order valence-corrected chi connectivity index (χ4v) is 3.69. The van der Waals surface area contributed by atoms with Gasteiger partial charge in [0.2, 0.25) is 15.9 Å². The number of carbonyl (C=O) groups excluding carboxylic acids is 1. The topological polar surface area (TPSA) is 84.9 Å². The highest BCUT2D eigenvalue weighted by molar-refractivity contribution is 7.88. The van der Waals surface area contributed by atoms with Crippen LogP contribution < -0.4 is 14.8 Å². The molecule has 1 amide bonds. The van der Waals surface area contributed by atoms with Crippen molar-refractivity contribution in [3.8, 4) is 11.5 Å². The molecule has 0 heterocycles. The lowest BCUT2D eigenvalue weighted by Gasteiger charge is -2.22. The maximum absolute atomic E-state index is 12.5. The van der Waals surface area contributed by atoms with Crippen LogP contribution in [0.4, 0.5) is 0 Å². The van der Waals surface area contributed by atoms with Gasteiger partial charge in [0.1, 0.15) is 0 Å². The van der Waals surface area contributed by atoms with E-state index in [9.17, 15) is 13.2 Å². The van der Waals surface area contributed by atoms with E-state index in [4.69, 9.17) is 9.47 Å². The second kappa shape index (κ2) is 10.3. The maximum Gasteiger partial charge on any atom is 0.235 e. The molecule has 1 atom stereocenters. The number of carbonyl (C=O) groups is 1. The fraction of sp³-hybridized carbons (Fsp3) is 0.381. The lowest BCUT2D eigenvalue weighted by molar-refractivity contribution is -0.121. The zero-order valence-corrected chi connectivity index (χ0v) is 18.0. The van der Waals surface area contributed by atoms with Gasteiger partial charge in [-0.2, -0.15) is 4.31 Å². The second-order valence-electron chi connectivity index (χ2n) is 6.74. The molecule has 0 aromatic heterocycles. The van der Waals surface area contributed by atoms with Crippen LogP contribution in [-0.4, -0.2) is 52.2 Å². The molecule has 2 rings (SSSR count). The molecule has 1 unspecified atom stereocenters. The van der Waals surface area contributed by atoms with Crippen LogP contribution in [0, 0.1) is 0 Å². The molecule has 7 nitrogen and oxygen atoms in total. The van der Waals surface area contributed by atoms with Gasteiger partial charge in [-0.05, 0) is 36.6 Å². The zero-order chi connectivity index (χ0) is 21.4. The number of hydrogen-bond acceptors (Lipinski definition) is 5. The molecule has 29 heavy (non-hydrogen) atoms. The minimum Gasteiger partial charge on any atom is -0.493 e. The predicted molar refractivity (Wildman–Crippen MR) is 113 cm³/mol. The van der Waals surface area contributed by atoms with E-state index in [1.54, 1.807) is 26.4 Å². The van der Waals surface area contributed by atoms with Gasteiger partial charge < -0.3 is 14.8 Å². The molecule has 0 aliphatic heterocycles. The highest BCUT2D eigenvalue weighted by Gasteiger charge is 2.21. The second-order valence-corrected chi connectivity index (χ2v) is 8.72. The number of nitrogens with zero attached hydrogens (tertiary/aromatic N) is 1. The largest absolute Gasteiger partial charge is 0.493 e. The van der Waals surface area contributed by atoms with E-state index >= 15 is 0 Å². The highest BCUT2D eigenvalue weighted by atomic mass is 32.2. The van der Waals surface area contributed by atoms with Crippen LogP contribution >= 0.6 is 0 Å². The standard InChI is InChI=1S/C21H28N2O5S/c1-16(18-10-11-19(27-2)20(14-18)28-3)22-21(24)15-23(29(4,25)26)13-12-17-8-6-5-7-9-17/h5-11,14,16H,12-13,15H2,1-4H3,(H,22,24). The number of nitrogens with one attached hydrogen (secondary N) is 1. The van der Waals surface area contributed by atoms with E-state index in [1.807, 2.05) is 43.3 Å². The van der Waals surface area contributed by atoms with Gasteiger partial charge in [-0.1, -0.05) is 36.4 Å². The smallest absolute Gasteiger partial charge is 0.235 e. The molecule has 0 fully saturated rings. The summed E-state index contributed by atoms with van der Waals surface area (Å²) in [6.07, 6.45) is 1.65. The van der Waals surface area contributed by atoms with Crippen molar-refractivity contribution < 1.29 is 22.7 Å². The molecule has 2 aromatic rings. The van der Waals surface area contributed by atoms with E-state index in [0.29, 0.717) is 17.9 Å². The van der Waals surface area contributed by atoms with Crippen LogP contribution in [-0.2, 0) is 21.2 Å². The quantitative estimate of drug-likeness (QED) is 0.638. The number of sulfonamides is 1. The first-order valence-corrected chi connectivity index (χ1v) is 11.1. The first kappa shape index (κ1) is 22.7. The van der Waals surface area contributed by atoms with Gasteiger partial charge in [0.15, 0.2) is 11.5 Å². The van der Waals surface area contributed by atoms with Crippen molar-refractivity contribution in [2.75, 3.05) is 33.6 Å². The number of benzene rings is 2. The summed E-state index contributed by atoms with van der Waals surface area (Å²) < 4.78 is 35.9. The molecule has 0 radical (unpaired) electrons. The van der Waals surface area contributed by atoms with E-state index in [1.165, 1.54) is 4.31 Å². The lowest BCUT2D eigenvalue weighted by Crippen LogP contribution is -2.41. The molecule has 0 bridgehead atoms. The monoisotopic (exact) mass is 420 g/mol. The Kier molecular flexibility index (Phi) is 8.04. The SMILES string of the molecule is COc1ccc(C(C)NC(=O)CN(CCc2ccccc2)S(C)(=O)=O)cc1OC. The summed E-state index contributed by atoms with van der Waals surface area (Å²) in [6.45, 7) is 1.83. The Labute approximate surface area is 172 Å². The Hall–Kier alpha value is -2.58. The minimum atomic E-state index is -3.51. The Morgan fingerprint density at radius 3 is 2.31 bits per heavy atom. The predicted octanol–water partition coefficient (Wildman–Crippen LogP) is 2.39. The van der Waals surface area contributed by atoms with Gasteiger partial charge in [-0.15, -0.1) is 0 Å². The molecule has 0 saturated carbocycles. The van der Waals surface area contributed by atoms with Gasteiger partial charge in [0.05, 0.1) is 33.1 Å². The molecule has 0 spiro atoms. The first-order valence-electron chi connectivity index (χ1n) is 9.25. The summed E-state index contributed by atoms with van der Waals surface area (Å²) in [7, 11) is -0.417. The molecule has 0 aliphatic carbocycles. The molecule has 8 heteroatoms. The van der Waals surface area contributed by atoms with Crippen LogP contribution in [0.15, 0.2) is 48.5 Å². The molecule has 158 valence electrons. The normalized spacial score (nSPS) is 12.4. The van der Waals surface area contributed by atoms with Crippen LogP contribution in [0.2, 0.25) is 0 Å². The van der Waals surface area contributed by atoms with E-state index in [-0.39, 0.29) is 25.0 Å². The Bertz CT molecular complexity index is 916. The first-order chi connectivity index (χ1) is 13.7. The van der Waals surface area contributed by atoms with Crippen molar-refractivity contribution in [3.05, 3.63) is 59.7 Å². The number of hydrogen-bond donors (Lipinski definition) is 1. The van der Waals surface area contributed by atoms with Gasteiger partial charge in [0.25, 0.3) is 0 Å². The Morgan fingerprint density at radius 1 is 1.07 bits per heavy atom. The van der Waals surface area contributed by atoms with Crippen molar-refractivity contribution in [3.63, 3.8) is 0 Å². The zero-order valence-electron chi connectivity index (χ0n) is 17.2. The number of amides is 1. The molecule has 0 aliphatic rings. The van der Waals surface area contributed by atoms with Gasteiger partial charge in [0, 0.05) is 6.54 Å². The third-order valence-corrected chi connectivity index (χ3v) is 5.82. The van der Waals surface area contributed by atoms with Crippen LogP contribution in [0.5, 0.6) is 11.5 Å². The lowest BCUT2D eigenvalue weighted by atomic mass is 10.1. The average Bonchev–Trinajstić information content (AvgIpc) is 2.70. The molecule has 2 aromatic carbocycles. The summed E-state index contributed by atoms with van der Waals surface area (Å²) in [5.74, 6) is 0.788. The molecule has 1 N–H and O–H groups in total. The minimum absolute atomic E-state index is 0.233. The highest BCUT2D eigenvalue weighted by Crippen LogP contribution is 2.29. The van der Waals surface area contributed by atoms with Crippen LogP contribution in [0.3, 0.4) is 0 Å². The van der Waals surface area contributed by atoms with Crippen molar-refractivity contribution >= 4 is 15.9 Å². The van der Waals surface area contributed by atoms with E-state index < -0.39 is 10.0 Å². The molecular formula is C21H28N2O5S. The Morgan fingerprint density at radius 2 is 1.72 bits per heavy atom. The van der Waals surface area contributed by atoms with Crippen LogP contribution in [0.1, 0.15) is 24.1 Å². The fourth-order valence-electron chi connectivity index (χ4n) is 2.91. The Balaban J connectivity index is 2.02. The van der Waals surface area contributed by atoms with Gasteiger partial charge in [-0.25, -0.2) is 8.42 Å². The number of rotatable bonds is 10. The van der Waals surface area contributed by atoms with Crippen molar-refractivity contribution in [2.45, 2.75) is 19.4 Å². The number of methoxy groups -OCH3 is 2. The molecular weight excluding hydrogens is 392 g/mol. The van der Waals surface area contributed by atoms with Crippen LogP contribution in [0.25, 0.3) is 0 Å². The summed E-state index contributed by atoms with van der Waals surface area (Å²) in [5.41, 5.74) is 1.84.